The number of hydrogen-bond acceptors (Lipinski definition) is 4. The van der Waals surface area contributed by atoms with Crippen molar-refractivity contribution in [3.05, 3.63) is 23.5 Å². The summed E-state index contributed by atoms with van der Waals surface area (Å²) in [6.07, 6.45) is 0.964. The first-order chi connectivity index (χ1) is 7.52. The average Bonchev–Trinajstić information content (AvgIpc) is 2.65. The maximum Gasteiger partial charge on any atom is 0.355 e. The van der Waals surface area contributed by atoms with Gasteiger partial charge in [-0.3, -0.25) is 4.79 Å². The lowest BCUT2D eigenvalue weighted by atomic mass is 10.2. The summed E-state index contributed by atoms with van der Waals surface area (Å²) < 4.78 is 4.57. The molecule has 1 aromatic heterocycles. The monoisotopic (exact) mass is 227 g/mol. The molecular weight excluding hydrogens is 218 g/mol. The fourth-order valence-corrected chi connectivity index (χ4v) is 1.02. The topological polar surface area (TPSA) is 117 Å². The molecule has 86 valence electrons. The molecule has 0 unspecified atom stereocenters. The maximum absolute atomic E-state index is 11.3. The lowest BCUT2D eigenvalue weighted by Crippen LogP contribution is -2.13. The van der Waals surface area contributed by atoms with E-state index >= 15 is 0 Å². The first-order valence-corrected chi connectivity index (χ1v) is 4.32. The van der Waals surface area contributed by atoms with Crippen LogP contribution in [0.2, 0.25) is 0 Å². The van der Waals surface area contributed by atoms with E-state index in [-0.39, 0.29) is 24.3 Å². The second-order valence-corrected chi connectivity index (χ2v) is 2.85. The maximum atomic E-state index is 11.3. The molecule has 0 fully saturated rings. The molecule has 3 N–H and O–H groups in total. The molecule has 0 aliphatic carbocycles. The average molecular weight is 227 g/mol. The van der Waals surface area contributed by atoms with Crippen molar-refractivity contribution in [2.45, 2.75) is 6.42 Å². The summed E-state index contributed by atoms with van der Waals surface area (Å²) >= 11 is 0. The fourth-order valence-electron chi connectivity index (χ4n) is 1.02. The second kappa shape index (κ2) is 4.96. The van der Waals surface area contributed by atoms with E-state index < -0.39 is 17.9 Å². The third kappa shape index (κ3) is 2.84. The Morgan fingerprint density at radius 3 is 2.56 bits per heavy atom. The van der Waals surface area contributed by atoms with Gasteiger partial charge in [-0.1, -0.05) is 0 Å². The Morgan fingerprint density at radius 1 is 1.31 bits per heavy atom. The molecule has 1 rings (SSSR count). The van der Waals surface area contributed by atoms with Crippen molar-refractivity contribution < 1.29 is 29.3 Å². The highest BCUT2D eigenvalue weighted by Gasteiger charge is 2.18. The Kier molecular flexibility index (Phi) is 3.65. The molecule has 0 saturated heterocycles. The van der Waals surface area contributed by atoms with Crippen LogP contribution in [-0.4, -0.2) is 39.7 Å². The molecule has 0 aromatic carbocycles. The minimum Gasteiger partial charge on any atom is -0.481 e. The van der Waals surface area contributed by atoms with Crippen LogP contribution in [0.4, 0.5) is 0 Å². The van der Waals surface area contributed by atoms with Gasteiger partial charge >= 0.3 is 17.9 Å². The van der Waals surface area contributed by atoms with Crippen LogP contribution in [0.25, 0.3) is 0 Å². The summed E-state index contributed by atoms with van der Waals surface area (Å²) in [5.41, 5.74) is -0.404. The summed E-state index contributed by atoms with van der Waals surface area (Å²) in [5.74, 6) is -3.24. The first kappa shape index (κ1) is 11.8. The van der Waals surface area contributed by atoms with Gasteiger partial charge in [0.25, 0.3) is 0 Å². The molecule has 1 aromatic rings. The summed E-state index contributed by atoms with van der Waals surface area (Å²) in [6, 6.07) is 1.22. The largest absolute Gasteiger partial charge is 0.481 e. The van der Waals surface area contributed by atoms with Crippen molar-refractivity contribution in [2.75, 3.05) is 6.61 Å². The van der Waals surface area contributed by atoms with Crippen LogP contribution in [-0.2, 0) is 9.53 Å². The smallest absolute Gasteiger partial charge is 0.355 e. The summed E-state index contributed by atoms with van der Waals surface area (Å²) in [5, 5.41) is 17.0. The van der Waals surface area contributed by atoms with Crippen molar-refractivity contribution in [2.24, 2.45) is 0 Å². The SMILES string of the molecule is O=C(O)CCOC(=O)c1[nH]ccc1C(=O)O. The van der Waals surface area contributed by atoms with Crippen LogP contribution < -0.4 is 0 Å². The van der Waals surface area contributed by atoms with E-state index in [1.807, 2.05) is 0 Å². The van der Waals surface area contributed by atoms with Crippen LogP contribution in [0.5, 0.6) is 0 Å². The van der Waals surface area contributed by atoms with Crippen LogP contribution in [0.3, 0.4) is 0 Å². The summed E-state index contributed by atoms with van der Waals surface area (Å²) in [4.78, 5) is 34.5. The molecule has 7 heteroatoms. The van der Waals surface area contributed by atoms with Gasteiger partial charge in [0.2, 0.25) is 0 Å². The molecule has 0 amide bonds. The molecule has 0 atom stereocenters. The van der Waals surface area contributed by atoms with E-state index in [0.29, 0.717) is 0 Å². The highest BCUT2D eigenvalue weighted by Crippen LogP contribution is 2.08. The molecule has 0 aliphatic rings. The minimum absolute atomic E-state index is 0.196. The Balaban J connectivity index is 2.62. The third-order valence-corrected chi connectivity index (χ3v) is 1.73. The number of carbonyl (C=O) groups excluding carboxylic acids is 1. The Labute approximate surface area is 89.7 Å². The zero-order chi connectivity index (χ0) is 12.1. The molecule has 7 nitrogen and oxygen atoms in total. The number of esters is 1. The number of hydrogen-bond donors (Lipinski definition) is 3. The quantitative estimate of drug-likeness (QED) is 0.624. The van der Waals surface area contributed by atoms with Crippen molar-refractivity contribution in [3.63, 3.8) is 0 Å². The number of carboxylic acid groups (broad SMARTS) is 2. The fraction of sp³-hybridized carbons (Fsp3) is 0.222. The number of H-pyrrole nitrogens is 1. The van der Waals surface area contributed by atoms with Crippen molar-refractivity contribution in [3.8, 4) is 0 Å². The normalized spacial score (nSPS) is 9.75. The number of aromatic amines is 1. The van der Waals surface area contributed by atoms with Gasteiger partial charge in [0.05, 0.1) is 12.0 Å². The second-order valence-electron chi connectivity index (χ2n) is 2.85. The Hall–Kier alpha value is -2.31. The van der Waals surface area contributed by atoms with Crippen LogP contribution in [0.15, 0.2) is 12.3 Å². The van der Waals surface area contributed by atoms with Crippen molar-refractivity contribution in [1.82, 2.24) is 4.98 Å². The predicted octanol–water partition coefficient (Wildman–Crippen LogP) is 0.344. The summed E-state index contributed by atoms with van der Waals surface area (Å²) in [7, 11) is 0. The van der Waals surface area contributed by atoms with Gasteiger partial charge in [0, 0.05) is 6.20 Å². The van der Waals surface area contributed by atoms with E-state index in [1.54, 1.807) is 0 Å². The lowest BCUT2D eigenvalue weighted by Gasteiger charge is -2.02. The van der Waals surface area contributed by atoms with Gasteiger partial charge in [-0.15, -0.1) is 0 Å². The highest BCUT2D eigenvalue weighted by atomic mass is 16.5. The predicted molar refractivity (Wildman–Crippen MR) is 50.3 cm³/mol. The van der Waals surface area contributed by atoms with Crippen LogP contribution in [0, 0.1) is 0 Å². The standard InChI is InChI=1S/C9H9NO6/c11-6(12)2-4-16-9(15)7-5(8(13)14)1-3-10-7/h1,3,10H,2,4H2,(H,11,12)(H,13,14). The van der Waals surface area contributed by atoms with Gasteiger partial charge < -0.3 is 19.9 Å². The van der Waals surface area contributed by atoms with E-state index in [0.717, 1.165) is 0 Å². The number of carbonyl (C=O) groups is 3. The zero-order valence-corrected chi connectivity index (χ0v) is 8.10. The molecule has 0 saturated carbocycles. The molecule has 0 radical (unpaired) electrons. The lowest BCUT2D eigenvalue weighted by molar-refractivity contribution is -0.137. The van der Waals surface area contributed by atoms with Crippen molar-refractivity contribution in [1.29, 1.82) is 0 Å². The van der Waals surface area contributed by atoms with Crippen molar-refractivity contribution >= 4 is 17.9 Å². The Bertz CT molecular complexity index is 421. The number of aromatic carboxylic acids is 1. The van der Waals surface area contributed by atoms with E-state index in [2.05, 4.69) is 9.72 Å². The van der Waals surface area contributed by atoms with E-state index in [4.69, 9.17) is 10.2 Å². The number of aromatic nitrogens is 1. The van der Waals surface area contributed by atoms with Crippen LogP contribution in [0.1, 0.15) is 27.3 Å². The Morgan fingerprint density at radius 2 is 2.00 bits per heavy atom. The van der Waals surface area contributed by atoms with Gasteiger partial charge in [-0.25, -0.2) is 9.59 Å². The molecule has 1 heterocycles. The number of aliphatic carboxylic acids is 1. The van der Waals surface area contributed by atoms with Crippen LogP contribution >= 0.6 is 0 Å². The minimum atomic E-state index is -1.26. The molecule has 16 heavy (non-hydrogen) atoms. The number of ether oxygens (including phenoxy) is 1. The number of rotatable bonds is 5. The van der Waals surface area contributed by atoms with E-state index in [9.17, 15) is 14.4 Å². The van der Waals surface area contributed by atoms with Gasteiger partial charge in [-0.05, 0) is 6.07 Å². The highest BCUT2D eigenvalue weighted by molar-refractivity contribution is 6.01. The van der Waals surface area contributed by atoms with Gasteiger partial charge in [0.15, 0.2) is 0 Å². The summed E-state index contributed by atoms with van der Waals surface area (Å²) in [6.45, 7) is -0.299. The molecule has 0 spiro atoms. The molecule has 0 bridgehead atoms. The zero-order valence-electron chi connectivity index (χ0n) is 8.10. The van der Waals surface area contributed by atoms with Gasteiger partial charge in [0.1, 0.15) is 12.3 Å². The first-order valence-electron chi connectivity index (χ1n) is 4.32. The number of carboxylic acids is 2. The van der Waals surface area contributed by atoms with Gasteiger partial charge in [-0.2, -0.15) is 0 Å². The number of nitrogens with one attached hydrogen (secondary N) is 1. The third-order valence-electron chi connectivity index (χ3n) is 1.73. The van der Waals surface area contributed by atoms with E-state index in [1.165, 1.54) is 12.3 Å². The molecule has 0 aliphatic heterocycles. The molecular formula is C9H9NO6.